The standard InChI is InChI=1S/C18H17F3N6O/c19-18(20,21)14-2-3-15-23-24-17(27(15)12-14)26-9-1-8-25(10-11-26)16(28)13-4-6-22-7-5-13/h2-7,12H,1,8-11H2. The second kappa shape index (κ2) is 7.10. The summed E-state index contributed by atoms with van der Waals surface area (Å²) in [6, 6.07) is 5.62. The summed E-state index contributed by atoms with van der Waals surface area (Å²) in [6.07, 6.45) is 0.373. The number of fused-ring (bicyclic) bond motifs is 1. The van der Waals surface area contributed by atoms with Crippen molar-refractivity contribution in [2.75, 3.05) is 31.1 Å². The molecule has 1 fully saturated rings. The van der Waals surface area contributed by atoms with Crippen LogP contribution in [0.1, 0.15) is 22.3 Å². The summed E-state index contributed by atoms with van der Waals surface area (Å²) < 4.78 is 40.5. The monoisotopic (exact) mass is 390 g/mol. The van der Waals surface area contributed by atoms with Crippen LogP contribution in [0.5, 0.6) is 0 Å². The maximum absolute atomic E-state index is 13.0. The number of anilines is 1. The molecule has 1 amide bonds. The summed E-state index contributed by atoms with van der Waals surface area (Å²) in [5.74, 6) is 0.258. The molecule has 0 N–H and O–H groups in total. The SMILES string of the molecule is O=C(c1ccncc1)N1CCCN(c2nnc3ccc(C(F)(F)F)cn23)CC1. The molecule has 4 rings (SSSR count). The quantitative estimate of drug-likeness (QED) is 0.673. The van der Waals surface area contributed by atoms with Crippen LogP contribution in [-0.4, -0.2) is 56.6 Å². The second-order valence-electron chi connectivity index (χ2n) is 6.51. The van der Waals surface area contributed by atoms with Crippen molar-refractivity contribution in [3.63, 3.8) is 0 Å². The number of amides is 1. The maximum Gasteiger partial charge on any atom is 0.417 e. The molecule has 0 atom stereocenters. The number of rotatable bonds is 2. The highest BCUT2D eigenvalue weighted by Gasteiger charge is 2.31. The molecule has 3 aromatic heterocycles. The third-order valence-electron chi connectivity index (χ3n) is 4.70. The fourth-order valence-electron chi connectivity index (χ4n) is 3.26. The second-order valence-corrected chi connectivity index (χ2v) is 6.51. The lowest BCUT2D eigenvalue weighted by Crippen LogP contribution is -2.35. The minimum atomic E-state index is -4.44. The summed E-state index contributed by atoms with van der Waals surface area (Å²) >= 11 is 0. The van der Waals surface area contributed by atoms with Crippen LogP contribution in [0.2, 0.25) is 0 Å². The van der Waals surface area contributed by atoms with Gasteiger partial charge in [0.15, 0.2) is 5.65 Å². The number of pyridine rings is 2. The van der Waals surface area contributed by atoms with Crippen molar-refractivity contribution < 1.29 is 18.0 Å². The normalized spacial score (nSPS) is 15.7. The number of hydrogen-bond donors (Lipinski definition) is 0. The molecule has 4 heterocycles. The van der Waals surface area contributed by atoms with Gasteiger partial charge in [0.2, 0.25) is 5.95 Å². The lowest BCUT2D eigenvalue weighted by Gasteiger charge is -2.22. The van der Waals surface area contributed by atoms with Crippen molar-refractivity contribution in [3.8, 4) is 0 Å². The molecule has 10 heteroatoms. The predicted molar refractivity (Wildman–Crippen MR) is 95.0 cm³/mol. The summed E-state index contributed by atoms with van der Waals surface area (Å²) in [7, 11) is 0. The van der Waals surface area contributed by atoms with Crippen LogP contribution in [0.4, 0.5) is 19.1 Å². The molecule has 0 unspecified atom stereocenters. The van der Waals surface area contributed by atoms with Gasteiger partial charge < -0.3 is 9.80 Å². The van der Waals surface area contributed by atoms with Crippen molar-refractivity contribution in [1.29, 1.82) is 0 Å². The van der Waals surface area contributed by atoms with E-state index in [9.17, 15) is 18.0 Å². The van der Waals surface area contributed by atoms with Gasteiger partial charge in [0, 0.05) is 50.3 Å². The number of halogens is 3. The van der Waals surface area contributed by atoms with E-state index in [0.717, 1.165) is 12.3 Å². The minimum absolute atomic E-state index is 0.0882. The van der Waals surface area contributed by atoms with Crippen molar-refractivity contribution in [2.45, 2.75) is 12.6 Å². The first-order valence-electron chi connectivity index (χ1n) is 8.80. The highest BCUT2D eigenvalue weighted by molar-refractivity contribution is 5.94. The van der Waals surface area contributed by atoms with E-state index in [1.807, 2.05) is 4.90 Å². The third kappa shape index (κ3) is 3.49. The molecular formula is C18H17F3N6O. The zero-order valence-corrected chi connectivity index (χ0v) is 14.8. The number of carbonyl (C=O) groups excluding carboxylic acids is 1. The van der Waals surface area contributed by atoms with E-state index in [1.54, 1.807) is 29.4 Å². The molecule has 3 aromatic rings. The number of carbonyl (C=O) groups is 1. The Balaban J connectivity index is 1.55. The van der Waals surface area contributed by atoms with Gasteiger partial charge in [0.05, 0.1) is 5.56 Å². The molecule has 28 heavy (non-hydrogen) atoms. The Morgan fingerprint density at radius 2 is 1.75 bits per heavy atom. The Bertz CT molecular complexity index is 988. The van der Waals surface area contributed by atoms with E-state index in [0.29, 0.717) is 49.8 Å². The topological polar surface area (TPSA) is 66.6 Å². The summed E-state index contributed by atoms with van der Waals surface area (Å²) in [5, 5.41) is 8.04. The van der Waals surface area contributed by atoms with E-state index < -0.39 is 11.7 Å². The minimum Gasteiger partial charge on any atom is -0.339 e. The van der Waals surface area contributed by atoms with Crippen molar-refractivity contribution in [2.24, 2.45) is 0 Å². The number of hydrogen-bond acceptors (Lipinski definition) is 5. The molecule has 1 aliphatic rings. The Morgan fingerprint density at radius 1 is 0.964 bits per heavy atom. The molecule has 7 nitrogen and oxygen atoms in total. The van der Waals surface area contributed by atoms with Crippen LogP contribution in [-0.2, 0) is 6.18 Å². The van der Waals surface area contributed by atoms with Gasteiger partial charge >= 0.3 is 6.18 Å². The fourth-order valence-corrected chi connectivity index (χ4v) is 3.26. The molecule has 1 saturated heterocycles. The zero-order chi connectivity index (χ0) is 19.7. The van der Waals surface area contributed by atoms with Gasteiger partial charge in [0.1, 0.15) is 0 Å². The average molecular weight is 390 g/mol. The summed E-state index contributed by atoms with van der Waals surface area (Å²) in [6.45, 7) is 2.02. The highest BCUT2D eigenvalue weighted by Crippen LogP contribution is 2.30. The van der Waals surface area contributed by atoms with Gasteiger partial charge in [-0.2, -0.15) is 13.2 Å². The molecular weight excluding hydrogens is 373 g/mol. The van der Waals surface area contributed by atoms with Crippen LogP contribution in [0.15, 0.2) is 42.9 Å². The van der Waals surface area contributed by atoms with Crippen LogP contribution in [0, 0.1) is 0 Å². The fraction of sp³-hybridized carbons (Fsp3) is 0.333. The number of nitrogens with zero attached hydrogens (tertiary/aromatic N) is 6. The molecule has 146 valence electrons. The van der Waals surface area contributed by atoms with Gasteiger partial charge in [-0.05, 0) is 30.7 Å². The van der Waals surface area contributed by atoms with Gasteiger partial charge in [-0.25, -0.2) is 0 Å². The molecule has 0 aromatic carbocycles. The molecule has 1 aliphatic heterocycles. The van der Waals surface area contributed by atoms with E-state index in [-0.39, 0.29) is 5.91 Å². The summed E-state index contributed by atoms with van der Waals surface area (Å²) in [4.78, 5) is 20.1. The van der Waals surface area contributed by atoms with Gasteiger partial charge in [0.25, 0.3) is 5.91 Å². The van der Waals surface area contributed by atoms with Crippen molar-refractivity contribution in [3.05, 3.63) is 54.0 Å². The molecule has 0 spiro atoms. The Kier molecular flexibility index (Phi) is 4.62. The first kappa shape index (κ1) is 18.2. The zero-order valence-electron chi connectivity index (χ0n) is 14.8. The smallest absolute Gasteiger partial charge is 0.339 e. The van der Waals surface area contributed by atoms with Crippen LogP contribution < -0.4 is 4.90 Å². The largest absolute Gasteiger partial charge is 0.417 e. The van der Waals surface area contributed by atoms with Crippen molar-refractivity contribution in [1.82, 2.24) is 24.5 Å². The molecule has 0 aliphatic carbocycles. The first-order chi connectivity index (χ1) is 13.4. The number of aromatic nitrogens is 4. The Morgan fingerprint density at radius 3 is 2.50 bits per heavy atom. The highest BCUT2D eigenvalue weighted by atomic mass is 19.4. The Labute approximate surface area is 158 Å². The average Bonchev–Trinajstić information content (AvgIpc) is 2.96. The van der Waals surface area contributed by atoms with Crippen LogP contribution >= 0.6 is 0 Å². The lowest BCUT2D eigenvalue weighted by atomic mass is 10.2. The molecule has 0 saturated carbocycles. The maximum atomic E-state index is 13.0. The van der Waals surface area contributed by atoms with E-state index in [4.69, 9.17) is 0 Å². The first-order valence-corrected chi connectivity index (χ1v) is 8.80. The predicted octanol–water partition coefficient (Wildman–Crippen LogP) is 2.50. The van der Waals surface area contributed by atoms with E-state index in [1.165, 1.54) is 10.5 Å². The van der Waals surface area contributed by atoms with Gasteiger partial charge in [-0.3, -0.25) is 14.2 Å². The molecule has 0 radical (unpaired) electrons. The third-order valence-corrected chi connectivity index (χ3v) is 4.70. The summed E-state index contributed by atoms with van der Waals surface area (Å²) in [5.41, 5.74) is 0.147. The van der Waals surface area contributed by atoms with Gasteiger partial charge in [-0.1, -0.05) is 0 Å². The lowest BCUT2D eigenvalue weighted by molar-refractivity contribution is -0.137. The Hall–Kier alpha value is -3.17. The number of alkyl halides is 3. The molecule has 0 bridgehead atoms. The van der Waals surface area contributed by atoms with Gasteiger partial charge in [-0.15, -0.1) is 10.2 Å². The van der Waals surface area contributed by atoms with Crippen LogP contribution in [0.25, 0.3) is 5.65 Å². The van der Waals surface area contributed by atoms with Crippen molar-refractivity contribution >= 4 is 17.5 Å². The van der Waals surface area contributed by atoms with E-state index >= 15 is 0 Å². The van der Waals surface area contributed by atoms with E-state index in [2.05, 4.69) is 15.2 Å². The van der Waals surface area contributed by atoms with Crippen LogP contribution in [0.3, 0.4) is 0 Å².